The molecule has 0 radical (unpaired) electrons. The van der Waals surface area contributed by atoms with Gasteiger partial charge in [-0.1, -0.05) is 176 Å². The second-order valence-corrected chi connectivity index (χ2v) is 18.0. The Morgan fingerprint density at radius 3 is 1.69 bits per heavy atom. The van der Waals surface area contributed by atoms with Gasteiger partial charge in [-0.15, -0.1) is 11.3 Å². The lowest BCUT2D eigenvalue weighted by atomic mass is 9.95. The van der Waals surface area contributed by atoms with E-state index in [1.165, 1.54) is 74.7 Å². The number of H-pyrrole nitrogens is 1. The van der Waals surface area contributed by atoms with Crippen LogP contribution in [0.1, 0.15) is 0 Å². The number of aromatic amines is 1. The van der Waals surface area contributed by atoms with Gasteiger partial charge < -0.3 is 4.98 Å². The van der Waals surface area contributed by atoms with Gasteiger partial charge in [0, 0.05) is 58.7 Å². The van der Waals surface area contributed by atoms with Gasteiger partial charge in [-0.2, -0.15) is 9.97 Å². The number of fused-ring (bicyclic) bond motifs is 9. The molecule has 3 aromatic heterocycles. The Morgan fingerprint density at radius 1 is 0.369 bits per heavy atom. The van der Waals surface area contributed by atoms with Gasteiger partial charge in [0.15, 0.2) is 11.6 Å². The summed E-state index contributed by atoms with van der Waals surface area (Å²) in [7, 11) is 0. The van der Waals surface area contributed by atoms with E-state index >= 15 is 0 Å². The van der Waals surface area contributed by atoms with Gasteiger partial charge in [-0.05, 0) is 96.9 Å². The van der Waals surface area contributed by atoms with Gasteiger partial charge >= 0.3 is 0 Å². The maximum Gasteiger partial charge on any atom is 0.226 e. The van der Waals surface area contributed by atoms with Crippen molar-refractivity contribution in [1.29, 1.82) is 0 Å². The first-order chi connectivity index (χ1) is 32.1. The number of thiophene rings is 1. The maximum atomic E-state index is 6.47. The van der Waals surface area contributed by atoms with Crippen LogP contribution in [0, 0.1) is 0 Å². The van der Waals surface area contributed by atoms with Crippen LogP contribution in [0.3, 0.4) is 0 Å². The molecule has 0 aliphatic rings. The van der Waals surface area contributed by atoms with Gasteiger partial charge in [0.25, 0.3) is 0 Å². The molecule has 0 fully saturated rings. The molecule has 1 N–H and O–H groups in total. The predicted molar refractivity (Wildman–Crippen MR) is 275 cm³/mol. The Kier molecular flexibility index (Phi) is 8.73. The molecule has 13 rings (SSSR count). The third kappa shape index (κ3) is 6.47. The molecule has 4 nitrogen and oxygen atoms in total. The molecule has 0 saturated heterocycles. The van der Waals surface area contributed by atoms with E-state index in [1.54, 1.807) is 0 Å². The lowest BCUT2D eigenvalue weighted by Crippen LogP contribution is -1.97. The number of rotatable bonds is 6. The Balaban J connectivity index is 0.810. The van der Waals surface area contributed by atoms with Gasteiger partial charge in [0.2, 0.25) is 5.28 Å². The van der Waals surface area contributed by atoms with Crippen LogP contribution in [0.15, 0.2) is 206 Å². The largest absolute Gasteiger partial charge is 0.354 e. The highest BCUT2D eigenvalue weighted by molar-refractivity contribution is 7.26. The van der Waals surface area contributed by atoms with Gasteiger partial charge in [0.1, 0.15) is 0 Å². The zero-order valence-electron chi connectivity index (χ0n) is 34.8. The topological polar surface area (TPSA) is 54.5 Å². The van der Waals surface area contributed by atoms with Crippen LogP contribution >= 0.6 is 22.9 Å². The fourth-order valence-electron chi connectivity index (χ4n) is 9.60. The van der Waals surface area contributed by atoms with E-state index in [9.17, 15) is 0 Å². The van der Waals surface area contributed by atoms with E-state index in [2.05, 4.69) is 191 Å². The third-order valence-electron chi connectivity index (χ3n) is 12.8. The summed E-state index contributed by atoms with van der Waals surface area (Å²) in [6, 6.07) is 73.8. The fourth-order valence-corrected chi connectivity index (χ4v) is 11.0. The summed E-state index contributed by atoms with van der Waals surface area (Å²) in [5.74, 6) is 1.07. The van der Waals surface area contributed by atoms with Crippen molar-refractivity contribution in [2.24, 2.45) is 0 Å². The highest BCUT2D eigenvalue weighted by Gasteiger charge is 2.17. The molecule has 0 unspecified atom stereocenters. The van der Waals surface area contributed by atoms with E-state index in [-0.39, 0.29) is 5.28 Å². The van der Waals surface area contributed by atoms with Crippen molar-refractivity contribution in [3.05, 3.63) is 212 Å². The van der Waals surface area contributed by atoms with Crippen molar-refractivity contribution in [3.63, 3.8) is 0 Å². The Morgan fingerprint density at radius 2 is 0.938 bits per heavy atom. The number of hydrogen-bond donors (Lipinski definition) is 1. The van der Waals surface area contributed by atoms with Gasteiger partial charge in [0.05, 0.1) is 5.52 Å². The molecule has 10 aromatic carbocycles. The Labute approximate surface area is 383 Å². The fraction of sp³-hybridized carbons (Fsp3) is 0. The second kappa shape index (κ2) is 15.1. The van der Waals surface area contributed by atoms with Crippen LogP contribution in [0.2, 0.25) is 5.28 Å². The van der Waals surface area contributed by atoms with Crippen molar-refractivity contribution < 1.29 is 0 Å². The van der Waals surface area contributed by atoms with Crippen molar-refractivity contribution in [2.45, 2.75) is 0 Å². The maximum absolute atomic E-state index is 6.47. The predicted octanol–water partition coefficient (Wildman–Crippen LogP) is 16.8. The molecule has 0 aliphatic carbocycles. The molecule has 3 heterocycles. The molecular weight excluding hydrogens is 832 g/mol. The van der Waals surface area contributed by atoms with Crippen molar-refractivity contribution in [2.75, 3.05) is 0 Å². The van der Waals surface area contributed by atoms with E-state index in [4.69, 9.17) is 16.6 Å². The third-order valence-corrected chi connectivity index (χ3v) is 14.2. The summed E-state index contributed by atoms with van der Waals surface area (Å²) in [6.45, 7) is 0. The standard InChI is InChI=1S/C59H35ClN4S/c60-59-63-57(38-23-19-36(20-24-38)35-9-2-1-3-10-35)62-58(64-59)39-25-21-37(22-26-39)40-13-6-14-41(31-40)44-27-29-46-45(32-44)28-30-53-54(46)50-18-8-17-49(56(50)65-53)47-15-7-16-48-51-33-42-11-4-5-12-43(42)34-52(51)61-55(47)48/h1-34,61H. The number of para-hydroxylation sites is 1. The number of hydrogen-bond acceptors (Lipinski definition) is 4. The number of aromatic nitrogens is 4. The van der Waals surface area contributed by atoms with Gasteiger partial charge in [-0.25, -0.2) is 4.98 Å². The van der Waals surface area contributed by atoms with Crippen LogP contribution in [-0.2, 0) is 0 Å². The Hall–Kier alpha value is -7.96. The summed E-state index contributed by atoms with van der Waals surface area (Å²) in [5.41, 5.74) is 13.4. The molecule has 0 bridgehead atoms. The molecule has 0 atom stereocenters. The first-order valence-electron chi connectivity index (χ1n) is 21.7. The van der Waals surface area contributed by atoms with Crippen LogP contribution in [0.5, 0.6) is 0 Å². The zero-order chi connectivity index (χ0) is 43.0. The first-order valence-corrected chi connectivity index (χ1v) is 22.9. The first kappa shape index (κ1) is 37.6. The van der Waals surface area contributed by atoms with E-state index in [0.29, 0.717) is 11.6 Å². The van der Waals surface area contributed by atoms with Crippen molar-refractivity contribution in [1.82, 2.24) is 19.9 Å². The molecule has 304 valence electrons. The minimum absolute atomic E-state index is 0.162. The zero-order valence-corrected chi connectivity index (χ0v) is 36.3. The number of nitrogens with zero attached hydrogens (tertiary/aromatic N) is 3. The number of benzene rings is 10. The van der Waals surface area contributed by atoms with Crippen LogP contribution in [0.25, 0.3) is 131 Å². The lowest BCUT2D eigenvalue weighted by Gasteiger charge is -2.10. The molecule has 13 aromatic rings. The summed E-state index contributed by atoms with van der Waals surface area (Å²) >= 11 is 8.36. The second-order valence-electron chi connectivity index (χ2n) is 16.6. The molecule has 0 amide bonds. The van der Waals surface area contributed by atoms with E-state index < -0.39 is 0 Å². The van der Waals surface area contributed by atoms with Crippen LogP contribution in [-0.4, -0.2) is 19.9 Å². The molecule has 0 aliphatic heterocycles. The monoisotopic (exact) mass is 866 g/mol. The summed E-state index contributed by atoms with van der Waals surface area (Å²) < 4.78 is 2.60. The highest BCUT2D eigenvalue weighted by atomic mass is 35.5. The molecule has 0 spiro atoms. The quantitative estimate of drug-likeness (QED) is 0.181. The number of halogens is 1. The smallest absolute Gasteiger partial charge is 0.226 e. The molecule has 0 saturated carbocycles. The minimum atomic E-state index is 0.162. The minimum Gasteiger partial charge on any atom is -0.354 e. The van der Waals surface area contributed by atoms with Crippen LogP contribution in [0.4, 0.5) is 0 Å². The average molecular weight is 867 g/mol. The Bertz CT molecular complexity index is 4000. The van der Waals surface area contributed by atoms with E-state index in [1.807, 2.05) is 41.7 Å². The summed E-state index contributed by atoms with van der Waals surface area (Å²) in [5, 5.41) is 10.3. The van der Waals surface area contributed by atoms with Crippen molar-refractivity contribution >= 4 is 86.5 Å². The van der Waals surface area contributed by atoms with Crippen molar-refractivity contribution in [3.8, 4) is 67.3 Å². The van der Waals surface area contributed by atoms with Crippen LogP contribution < -0.4 is 0 Å². The van der Waals surface area contributed by atoms with E-state index in [0.717, 1.165) is 44.5 Å². The molecule has 65 heavy (non-hydrogen) atoms. The normalized spacial score (nSPS) is 11.8. The average Bonchev–Trinajstić information content (AvgIpc) is 3.94. The number of nitrogens with one attached hydrogen (secondary N) is 1. The summed E-state index contributed by atoms with van der Waals surface area (Å²) in [4.78, 5) is 17.6. The molecule has 6 heteroatoms. The summed E-state index contributed by atoms with van der Waals surface area (Å²) in [6.07, 6.45) is 0. The lowest BCUT2D eigenvalue weighted by molar-refractivity contribution is 1.07. The highest BCUT2D eigenvalue weighted by Crippen LogP contribution is 2.45. The SMILES string of the molecule is Clc1nc(-c2ccc(-c3ccccc3)cc2)nc(-c2ccc(-c3cccc(-c4ccc5c(ccc6sc7c(-c8cccc9c8[nH]c8cc%10ccccc%10cc89)cccc7c65)c4)c3)cc2)n1. The van der Waals surface area contributed by atoms with Gasteiger partial charge in [-0.3, -0.25) is 0 Å². The molecular formula is C59H35ClN4S.